The SMILES string of the molecule is CC(C)(C)c1ccnc(-n2c3[c-]c(Oc4[c-]c(-n5[c](=[Pt])n(-c6c(-c7ccccc7)cc7c(c6-c6ccccc6)CC(C(C)(C)C)C7)c6ccccc65)ccc4)ccc3c3cc(C4CCCCC4)ccc32)c1. The van der Waals surface area contributed by atoms with Gasteiger partial charge >= 0.3 is 338 Å². The average molecular weight is 1110 g/mol. The zero-order valence-corrected chi connectivity index (χ0v) is 43.9. The minimum absolute atomic E-state index is 0.0309. The zero-order valence-electron chi connectivity index (χ0n) is 41.6. The van der Waals surface area contributed by atoms with Crippen molar-refractivity contribution in [2.45, 2.75) is 97.8 Å². The third-order valence-corrected chi connectivity index (χ3v) is 16.5. The Balaban J connectivity index is 1.00. The van der Waals surface area contributed by atoms with Gasteiger partial charge in [0.25, 0.3) is 0 Å². The van der Waals surface area contributed by atoms with Gasteiger partial charge in [-0.1, -0.05) is 46.1 Å². The second kappa shape index (κ2) is 17.9. The molecule has 358 valence electrons. The normalized spacial score (nSPS) is 15.5. The van der Waals surface area contributed by atoms with Crippen molar-refractivity contribution in [3.05, 3.63) is 196 Å². The Morgan fingerprint density at radius 2 is 1.31 bits per heavy atom. The molecule has 0 radical (unpaired) electrons. The molecule has 0 N–H and O–H groups in total. The molecule has 71 heavy (non-hydrogen) atoms. The van der Waals surface area contributed by atoms with Crippen LogP contribution in [0.2, 0.25) is 0 Å². The van der Waals surface area contributed by atoms with E-state index in [0.29, 0.717) is 23.3 Å². The van der Waals surface area contributed by atoms with E-state index in [9.17, 15) is 0 Å². The van der Waals surface area contributed by atoms with Gasteiger partial charge in [-0.05, 0) is 41.4 Å². The fourth-order valence-corrected chi connectivity index (χ4v) is 12.7. The van der Waals surface area contributed by atoms with E-state index < -0.39 is 0 Å². The number of para-hydroxylation sites is 2. The topological polar surface area (TPSA) is 36.9 Å². The first-order valence-electron chi connectivity index (χ1n) is 25.5. The van der Waals surface area contributed by atoms with Gasteiger partial charge in [-0.3, -0.25) is 0 Å². The molecule has 2 aliphatic carbocycles. The molecule has 7 aromatic carbocycles. The molecule has 1 atom stereocenters. The van der Waals surface area contributed by atoms with Crippen molar-refractivity contribution >= 4 is 32.8 Å². The van der Waals surface area contributed by atoms with Crippen LogP contribution in [0, 0.1) is 27.3 Å². The summed E-state index contributed by atoms with van der Waals surface area (Å²) in [4.78, 5) is 4.99. The molecule has 0 spiro atoms. The maximum absolute atomic E-state index is 6.85. The molecule has 10 aromatic rings. The number of rotatable bonds is 8. The molecule has 12 rings (SSSR count). The van der Waals surface area contributed by atoms with Crippen molar-refractivity contribution in [2.75, 3.05) is 0 Å². The van der Waals surface area contributed by atoms with E-state index in [1.807, 2.05) is 12.3 Å². The molecule has 0 bridgehead atoms. The molecule has 1 saturated carbocycles. The number of ether oxygens (including phenoxy) is 1. The number of pyridine rings is 1. The van der Waals surface area contributed by atoms with Crippen molar-refractivity contribution < 1.29 is 24.1 Å². The number of hydrogen-bond donors (Lipinski definition) is 0. The number of hydrogen-bond acceptors (Lipinski definition) is 2. The van der Waals surface area contributed by atoms with Gasteiger partial charge in [0.05, 0.1) is 0 Å². The summed E-state index contributed by atoms with van der Waals surface area (Å²) < 4.78 is 15.0. The molecule has 0 aliphatic heterocycles. The summed E-state index contributed by atoms with van der Waals surface area (Å²) in [7, 11) is 0. The molecule has 1 unspecified atom stereocenters. The van der Waals surface area contributed by atoms with Gasteiger partial charge in [0.15, 0.2) is 0 Å². The van der Waals surface area contributed by atoms with E-state index in [1.54, 1.807) is 0 Å². The number of nitrogens with zero attached hydrogens (tertiary/aromatic N) is 4. The first-order chi connectivity index (χ1) is 34.4. The summed E-state index contributed by atoms with van der Waals surface area (Å²) in [6, 6.07) is 62.8. The summed E-state index contributed by atoms with van der Waals surface area (Å²) in [5.74, 6) is 3.27. The summed E-state index contributed by atoms with van der Waals surface area (Å²) >= 11 is 2.55. The van der Waals surface area contributed by atoms with Gasteiger partial charge in [0.2, 0.25) is 0 Å². The predicted octanol–water partition coefficient (Wildman–Crippen LogP) is 16.8. The van der Waals surface area contributed by atoms with Crippen LogP contribution in [0.15, 0.2) is 158 Å². The number of benzene rings is 7. The van der Waals surface area contributed by atoms with Crippen LogP contribution in [0.25, 0.3) is 72.3 Å². The molecule has 0 saturated heterocycles. The van der Waals surface area contributed by atoms with Crippen LogP contribution in [0.3, 0.4) is 0 Å². The number of fused-ring (bicyclic) bond motifs is 5. The van der Waals surface area contributed by atoms with E-state index in [4.69, 9.17) is 9.72 Å². The number of imidazole rings is 1. The van der Waals surface area contributed by atoms with Crippen LogP contribution >= 0.6 is 0 Å². The third-order valence-electron chi connectivity index (χ3n) is 15.5. The Kier molecular flexibility index (Phi) is 11.5. The molecule has 3 aromatic heterocycles. The first-order valence-corrected chi connectivity index (χ1v) is 26.7. The first kappa shape index (κ1) is 45.6. The van der Waals surface area contributed by atoms with E-state index >= 15 is 0 Å². The molecular formula is C65H60N4OPt-2. The van der Waals surface area contributed by atoms with E-state index in [0.717, 1.165) is 55.6 Å². The summed E-state index contributed by atoms with van der Waals surface area (Å²) in [6.07, 6.45) is 10.5. The molecule has 3 heterocycles. The van der Waals surface area contributed by atoms with Crippen LogP contribution in [0.1, 0.15) is 102 Å². The van der Waals surface area contributed by atoms with Gasteiger partial charge in [0, 0.05) is 6.20 Å². The summed E-state index contributed by atoms with van der Waals surface area (Å²) in [6.45, 7) is 14.0. The monoisotopic (exact) mass is 1110 g/mol. The van der Waals surface area contributed by atoms with E-state index in [1.165, 1.54) is 87.7 Å². The quantitative estimate of drug-likeness (QED) is 0.142. The van der Waals surface area contributed by atoms with Crippen molar-refractivity contribution in [3.8, 4) is 50.9 Å². The Hall–Kier alpha value is -6.55. The third kappa shape index (κ3) is 8.25. The molecule has 5 nitrogen and oxygen atoms in total. The van der Waals surface area contributed by atoms with E-state index in [2.05, 4.69) is 232 Å². The van der Waals surface area contributed by atoms with Crippen molar-refractivity contribution in [1.82, 2.24) is 18.7 Å². The zero-order chi connectivity index (χ0) is 48.6. The van der Waals surface area contributed by atoms with E-state index in [-0.39, 0.29) is 10.8 Å². The van der Waals surface area contributed by atoms with Gasteiger partial charge in [-0.25, -0.2) is 0 Å². The Bertz CT molecular complexity index is 3710. The molecular weight excluding hydrogens is 1050 g/mol. The molecule has 6 heteroatoms. The Labute approximate surface area is 429 Å². The summed E-state index contributed by atoms with van der Waals surface area (Å²) in [5.41, 5.74) is 17.1. The van der Waals surface area contributed by atoms with Crippen LogP contribution in [0.5, 0.6) is 11.5 Å². The van der Waals surface area contributed by atoms with Gasteiger partial charge in [0.1, 0.15) is 0 Å². The summed E-state index contributed by atoms with van der Waals surface area (Å²) in [5, 5.41) is 2.38. The molecule has 0 amide bonds. The Morgan fingerprint density at radius 3 is 2.04 bits per heavy atom. The minimum atomic E-state index is -0.0309. The van der Waals surface area contributed by atoms with Crippen molar-refractivity contribution in [3.63, 3.8) is 0 Å². The van der Waals surface area contributed by atoms with Gasteiger partial charge in [-0.15, -0.1) is 0 Å². The van der Waals surface area contributed by atoms with Crippen LogP contribution in [-0.2, 0) is 37.6 Å². The second-order valence-electron chi connectivity index (χ2n) is 22.1. The van der Waals surface area contributed by atoms with Crippen LogP contribution < -0.4 is 4.74 Å². The standard InChI is InChI=1S/C65H60N4O.Pt/c1-64(2,3)48-33-34-66-61(39-48)69-57-32-29-46(43-19-10-7-11-20-43)36-56(57)53-31-30-52(41-60(53)69)70-51-26-18-25-50(40-51)67-42-68(59-28-17-16-27-58(59)67)63-55(44-21-12-8-13-22-44)37-47-35-49(65(4,5)6)38-54(47)62(63)45-23-14-9-15-24-45;/h8-9,12-18,21-34,36-37,39,43,49H,7,10-11,19-20,35,38H2,1-6H3;/q-2;. The van der Waals surface area contributed by atoms with Crippen LogP contribution in [0.4, 0.5) is 0 Å². The van der Waals surface area contributed by atoms with Gasteiger partial charge in [-0.2, -0.15) is 0 Å². The fraction of sp³-hybridized carbons (Fsp3) is 0.262. The van der Waals surface area contributed by atoms with Crippen molar-refractivity contribution in [1.29, 1.82) is 0 Å². The van der Waals surface area contributed by atoms with Gasteiger partial charge < -0.3 is 0 Å². The Morgan fingerprint density at radius 1 is 0.606 bits per heavy atom. The predicted molar refractivity (Wildman–Crippen MR) is 288 cm³/mol. The average Bonchev–Trinajstić information content (AvgIpc) is 4.06. The van der Waals surface area contributed by atoms with Crippen LogP contribution in [-0.4, -0.2) is 18.7 Å². The molecule has 2 aliphatic rings. The van der Waals surface area contributed by atoms with Crippen molar-refractivity contribution in [2.24, 2.45) is 11.3 Å². The number of aromatic nitrogens is 4. The molecule has 1 fully saturated rings. The fourth-order valence-electron chi connectivity index (χ4n) is 11.6. The second-order valence-corrected chi connectivity index (χ2v) is 23.1. The maximum atomic E-state index is 6.85.